The van der Waals surface area contributed by atoms with Crippen molar-refractivity contribution in [1.82, 2.24) is 9.96 Å². The number of hydrogen-bond donors (Lipinski definition) is 0. The van der Waals surface area contributed by atoms with Crippen molar-refractivity contribution < 1.29 is 19.2 Å². The highest BCUT2D eigenvalue weighted by Gasteiger charge is 2.47. The van der Waals surface area contributed by atoms with Gasteiger partial charge in [0.25, 0.3) is 0 Å². The third kappa shape index (κ3) is 5.75. The standard InChI is InChI=1S/C29H44N4O4/c1-22-7-5-16-32(22)25-12-18-30(21-25)23-8-10-24(11-9-23)33-17-6-13-29(26(33)34)14-19-31(20-15-29)37-27(35)36-28(2,3)4/h8-11,22,25H,5-7,12-21H2,1-4H3/t22-,25-/m0/s1. The zero-order chi connectivity index (χ0) is 26.2. The van der Waals surface area contributed by atoms with Crippen molar-refractivity contribution in [1.29, 1.82) is 0 Å². The molecule has 37 heavy (non-hydrogen) atoms. The Hall–Kier alpha value is -2.32. The Morgan fingerprint density at radius 3 is 2.27 bits per heavy atom. The van der Waals surface area contributed by atoms with Crippen LogP contribution < -0.4 is 9.80 Å². The lowest BCUT2D eigenvalue weighted by atomic mass is 9.72. The monoisotopic (exact) mass is 512 g/mol. The Bertz CT molecular complexity index is 967. The Kier molecular flexibility index (Phi) is 7.42. The minimum absolute atomic E-state index is 0.215. The first kappa shape index (κ1) is 26.3. The summed E-state index contributed by atoms with van der Waals surface area (Å²) in [5, 5.41) is 1.65. The van der Waals surface area contributed by atoms with E-state index in [9.17, 15) is 9.59 Å². The third-order valence-corrected chi connectivity index (χ3v) is 8.77. The molecule has 1 amide bonds. The van der Waals surface area contributed by atoms with Crippen molar-refractivity contribution in [2.75, 3.05) is 49.1 Å². The normalized spacial score (nSPS) is 27.2. The van der Waals surface area contributed by atoms with Gasteiger partial charge in [-0.15, -0.1) is 5.06 Å². The van der Waals surface area contributed by atoms with Gasteiger partial charge in [0, 0.05) is 56.2 Å². The van der Waals surface area contributed by atoms with Crippen LogP contribution in [0.2, 0.25) is 0 Å². The molecule has 4 fully saturated rings. The maximum atomic E-state index is 13.7. The smallest absolute Gasteiger partial charge is 0.427 e. The second kappa shape index (κ2) is 10.4. The van der Waals surface area contributed by atoms with Crippen molar-refractivity contribution in [3.63, 3.8) is 0 Å². The quantitative estimate of drug-likeness (QED) is 0.536. The molecular weight excluding hydrogens is 468 g/mol. The fourth-order valence-corrected chi connectivity index (χ4v) is 6.75. The Balaban J connectivity index is 1.17. The second-order valence-electron chi connectivity index (χ2n) is 12.5. The van der Waals surface area contributed by atoms with Gasteiger partial charge in [0.1, 0.15) is 5.60 Å². The number of hydroxylamine groups is 2. The zero-order valence-corrected chi connectivity index (χ0v) is 23.1. The van der Waals surface area contributed by atoms with Gasteiger partial charge in [0.15, 0.2) is 0 Å². The molecule has 1 spiro atoms. The predicted molar refractivity (Wildman–Crippen MR) is 145 cm³/mol. The van der Waals surface area contributed by atoms with Crippen LogP contribution in [-0.4, -0.2) is 79.0 Å². The van der Waals surface area contributed by atoms with Crippen LogP contribution >= 0.6 is 0 Å². The summed E-state index contributed by atoms with van der Waals surface area (Å²) in [4.78, 5) is 38.4. The Labute approximate surface area is 221 Å². The Morgan fingerprint density at radius 1 is 0.919 bits per heavy atom. The zero-order valence-electron chi connectivity index (χ0n) is 23.1. The van der Waals surface area contributed by atoms with Crippen molar-refractivity contribution in [3.8, 4) is 0 Å². The van der Waals surface area contributed by atoms with E-state index in [4.69, 9.17) is 9.57 Å². The van der Waals surface area contributed by atoms with Gasteiger partial charge in [-0.3, -0.25) is 9.69 Å². The molecule has 0 aliphatic carbocycles. The van der Waals surface area contributed by atoms with Gasteiger partial charge >= 0.3 is 6.16 Å². The maximum absolute atomic E-state index is 13.7. The molecule has 8 nitrogen and oxygen atoms in total. The first-order valence-electron chi connectivity index (χ1n) is 14.2. The number of hydrogen-bond acceptors (Lipinski definition) is 7. The molecule has 2 atom stereocenters. The second-order valence-corrected chi connectivity index (χ2v) is 12.5. The van der Waals surface area contributed by atoms with Crippen LogP contribution in [0, 0.1) is 5.41 Å². The topological polar surface area (TPSA) is 65.6 Å². The molecule has 1 aromatic carbocycles. The summed E-state index contributed by atoms with van der Waals surface area (Å²) < 4.78 is 5.27. The fraction of sp³-hybridized carbons (Fsp3) is 0.724. The maximum Gasteiger partial charge on any atom is 0.528 e. The highest BCUT2D eigenvalue weighted by Crippen LogP contribution is 2.42. The number of amides is 1. The predicted octanol–water partition coefficient (Wildman–Crippen LogP) is 4.83. The Morgan fingerprint density at radius 2 is 1.62 bits per heavy atom. The summed E-state index contributed by atoms with van der Waals surface area (Å²) >= 11 is 0. The van der Waals surface area contributed by atoms with E-state index in [-0.39, 0.29) is 11.3 Å². The first-order valence-corrected chi connectivity index (χ1v) is 14.2. The fourth-order valence-electron chi connectivity index (χ4n) is 6.75. The van der Waals surface area contributed by atoms with Crippen LogP contribution in [0.1, 0.15) is 72.6 Å². The van der Waals surface area contributed by atoms with E-state index in [0.717, 1.165) is 38.2 Å². The molecule has 4 saturated heterocycles. The minimum Gasteiger partial charge on any atom is -0.427 e. The van der Waals surface area contributed by atoms with Crippen LogP contribution in [0.5, 0.6) is 0 Å². The summed E-state index contributed by atoms with van der Waals surface area (Å²) in [7, 11) is 0. The van der Waals surface area contributed by atoms with Gasteiger partial charge in [-0.2, -0.15) is 0 Å². The van der Waals surface area contributed by atoms with E-state index >= 15 is 0 Å². The number of nitrogens with zero attached hydrogens (tertiary/aromatic N) is 4. The van der Waals surface area contributed by atoms with Crippen LogP contribution in [0.4, 0.5) is 16.2 Å². The molecule has 4 aliphatic rings. The summed E-state index contributed by atoms with van der Waals surface area (Å²) in [5.41, 5.74) is 1.28. The molecule has 4 aliphatic heterocycles. The number of likely N-dealkylation sites (tertiary alicyclic amines) is 1. The number of carbonyl (C=O) groups excluding carboxylic acids is 2. The highest BCUT2D eigenvalue weighted by molar-refractivity contribution is 5.98. The van der Waals surface area contributed by atoms with Gasteiger partial charge < -0.3 is 19.4 Å². The van der Waals surface area contributed by atoms with Crippen LogP contribution in [0.25, 0.3) is 0 Å². The molecule has 5 rings (SSSR count). The molecule has 0 aromatic heterocycles. The summed E-state index contributed by atoms with van der Waals surface area (Å²) in [6.07, 6.45) is 6.46. The van der Waals surface area contributed by atoms with Crippen LogP contribution in [-0.2, 0) is 14.4 Å². The number of piperidine rings is 2. The largest absolute Gasteiger partial charge is 0.528 e. The summed E-state index contributed by atoms with van der Waals surface area (Å²) in [6, 6.07) is 10.00. The minimum atomic E-state index is -0.681. The van der Waals surface area contributed by atoms with E-state index in [1.165, 1.54) is 31.5 Å². The SMILES string of the molecule is C[C@H]1CCCN1[C@H]1CCN(c2ccc(N3CCCC4(CCN(OC(=O)OC(C)(C)C)CC4)C3=O)cc2)C1. The number of anilines is 2. The van der Waals surface area contributed by atoms with Gasteiger partial charge in [-0.25, -0.2) is 4.79 Å². The van der Waals surface area contributed by atoms with Crippen LogP contribution in [0.15, 0.2) is 24.3 Å². The van der Waals surface area contributed by atoms with Crippen LogP contribution in [0.3, 0.4) is 0 Å². The first-order chi connectivity index (χ1) is 17.6. The highest BCUT2D eigenvalue weighted by atomic mass is 16.8. The average molecular weight is 513 g/mol. The van der Waals surface area contributed by atoms with Crippen molar-refractivity contribution in [2.24, 2.45) is 5.41 Å². The van der Waals surface area contributed by atoms with E-state index in [1.54, 1.807) is 5.06 Å². The van der Waals surface area contributed by atoms with Gasteiger partial charge in [-0.1, -0.05) is 0 Å². The molecule has 204 valence electrons. The van der Waals surface area contributed by atoms with Gasteiger partial charge in [-0.05, 0) is 103 Å². The van der Waals surface area contributed by atoms with E-state index in [0.29, 0.717) is 38.0 Å². The van der Waals surface area contributed by atoms with Crippen molar-refractivity contribution >= 4 is 23.4 Å². The van der Waals surface area contributed by atoms with Crippen molar-refractivity contribution in [3.05, 3.63) is 24.3 Å². The molecule has 4 heterocycles. The molecular formula is C29H44N4O4. The average Bonchev–Trinajstić information content (AvgIpc) is 3.50. The lowest BCUT2D eigenvalue weighted by Crippen LogP contribution is -2.54. The lowest BCUT2D eigenvalue weighted by molar-refractivity contribution is -0.169. The lowest BCUT2D eigenvalue weighted by Gasteiger charge is -2.45. The van der Waals surface area contributed by atoms with Gasteiger partial charge in [0.05, 0.1) is 5.41 Å². The molecule has 1 aromatic rings. The molecule has 0 unspecified atom stereocenters. The van der Waals surface area contributed by atoms with E-state index in [1.807, 2.05) is 25.7 Å². The number of ether oxygens (including phenoxy) is 1. The number of carbonyl (C=O) groups is 2. The summed E-state index contributed by atoms with van der Waals surface area (Å²) in [5.74, 6) is 0.215. The van der Waals surface area contributed by atoms with E-state index < -0.39 is 11.8 Å². The number of benzene rings is 1. The molecule has 0 radical (unpaired) electrons. The summed E-state index contributed by atoms with van der Waals surface area (Å²) in [6.45, 7) is 13.1. The number of rotatable bonds is 4. The molecule has 0 saturated carbocycles. The molecule has 8 heteroatoms. The third-order valence-electron chi connectivity index (χ3n) is 8.77. The molecule has 0 N–H and O–H groups in total. The van der Waals surface area contributed by atoms with E-state index in [2.05, 4.69) is 41.0 Å². The molecule has 0 bridgehead atoms. The van der Waals surface area contributed by atoms with Gasteiger partial charge in [0.2, 0.25) is 5.91 Å². The van der Waals surface area contributed by atoms with Crippen molar-refractivity contribution in [2.45, 2.75) is 90.3 Å².